The molecule has 1 atom stereocenters. The van der Waals surface area contributed by atoms with E-state index < -0.39 is 11.6 Å². The molecule has 0 saturated heterocycles. The van der Waals surface area contributed by atoms with Crippen LogP contribution in [0.15, 0.2) is 59.4 Å². The zero-order valence-corrected chi connectivity index (χ0v) is 14.8. The number of carbonyl (C=O) groups excluding carboxylic acids is 1. The number of rotatable bonds is 6. The molecule has 3 N–H and O–H groups in total. The van der Waals surface area contributed by atoms with E-state index in [0.717, 1.165) is 24.8 Å². The van der Waals surface area contributed by atoms with Gasteiger partial charge in [0.2, 0.25) is 5.89 Å². The molecule has 1 saturated carbocycles. The Hall–Kier alpha value is -3.06. The fourth-order valence-corrected chi connectivity index (χ4v) is 3.15. The monoisotopic (exact) mass is 363 g/mol. The predicted octanol–water partition coefficient (Wildman–Crippen LogP) is 2.52. The van der Waals surface area contributed by atoms with E-state index in [0.29, 0.717) is 23.7 Å². The summed E-state index contributed by atoms with van der Waals surface area (Å²) in [4.78, 5) is 21.3. The summed E-state index contributed by atoms with van der Waals surface area (Å²) in [6.45, 7) is 0. The lowest BCUT2D eigenvalue weighted by Crippen LogP contribution is -2.44. The fraction of sp³-hybridized carbons (Fsp3) is 0.300. The summed E-state index contributed by atoms with van der Waals surface area (Å²) >= 11 is 0. The van der Waals surface area contributed by atoms with Gasteiger partial charge in [0.15, 0.2) is 5.82 Å². The van der Waals surface area contributed by atoms with E-state index in [1.54, 1.807) is 24.5 Å². The maximum absolute atomic E-state index is 12.6. The lowest BCUT2D eigenvalue weighted by atomic mass is 9.77. The summed E-state index contributed by atoms with van der Waals surface area (Å²) in [6.07, 6.45) is 6.71. The third-order valence-electron chi connectivity index (χ3n) is 4.93. The number of benzene rings is 1. The van der Waals surface area contributed by atoms with E-state index in [4.69, 9.17) is 10.3 Å². The Morgan fingerprint density at radius 2 is 2.04 bits per heavy atom. The van der Waals surface area contributed by atoms with Crippen molar-refractivity contribution in [3.63, 3.8) is 0 Å². The molecular weight excluding hydrogens is 342 g/mol. The fourth-order valence-electron chi connectivity index (χ4n) is 3.15. The van der Waals surface area contributed by atoms with Crippen LogP contribution in [0, 0.1) is 0 Å². The zero-order valence-electron chi connectivity index (χ0n) is 14.8. The molecule has 138 valence electrons. The van der Waals surface area contributed by atoms with Gasteiger partial charge in [0.25, 0.3) is 5.91 Å². The third-order valence-corrected chi connectivity index (χ3v) is 4.93. The molecule has 0 aliphatic heterocycles. The number of hydrogen-bond donors (Lipinski definition) is 2. The van der Waals surface area contributed by atoms with Crippen LogP contribution in [-0.4, -0.2) is 21.0 Å². The Labute approximate surface area is 157 Å². The SMILES string of the molecule is NC1(c2noc(C(Cc3cccnc3)NC(=O)c3ccccc3)n2)CCC1. The molecule has 1 aromatic carbocycles. The minimum Gasteiger partial charge on any atom is -0.340 e. The maximum atomic E-state index is 12.6. The van der Waals surface area contributed by atoms with Crippen molar-refractivity contribution in [2.45, 2.75) is 37.3 Å². The normalized spacial score (nSPS) is 16.3. The van der Waals surface area contributed by atoms with E-state index in [1.807, 2.05) is 30.3 Å². The summed E-state index contributed by atoms with van der Waals surface area (Å²) in [7, 11) is 0. The second kappa shape index (κ2) is 7.28. The van der Waals surface area contributed by atoms with Crippen LogP contribution in [0.2, 0.25) is 0 Å². The molecule has 0 spiro atoms. The number of hydrogen-bond acceptors (Lipinski definition) is 6. The van der Waals surface area contributed by atoms with Crippen LogP contribution in [0.1, 0.15) is 52.9 Å². The summed E-state index contributed by atoms with van der Waals surface area (Å²) in [6, 6.07) is 12.4. The molecule has 1 fully saturated rings. The van der Waals surface area contributed by atoms with E-state index in [-0.39, 0.29) is 5.91 Å². The van der Waals surface area contributed by atoms with Gasteiger partial charge in [0.05, 0.1) is 5.54 Å². The number of carbonyl (C=O) groups is 1. The molecule has 2 heterocycles. The van der Waals surface area contributed by atoms with Gasteiger partial charge in [-0.3, -0.25) is 9.78 Å². The van der Waals surface area contributed by atoms with Gasteiger partial charge in [-0.15, -0.1) is 0 Å². The Bertz CT molecular complexity index is 906. The first-order valence-corrected chi connectivity index (χ1v) is 9.02. The quantitative estimate of drug-likeness (QED) is 0.697. The minimum absolute atomic E-state index is 0.199. The highest BCUT2D eigenvalue weighted by Crippen LogP contribution is 2.37. The van der Waals surface area contributed by atoms with Crippen molar-refractivity contribution in [2.24, 2.45) is 5.73 Å². The van der Waals surface area contributed by atoms with E-state index in [1.165, 1.54) is 0 Å². The Morgan fingerprint density at radius 1 is 1.22 bits per heavy atom. The molecule has 3 aromatic rings. The van der Waals surface area contributed by atoms with Crippen LogP contribution >= 0.6 is 0 Å². The van der Waals surface area contributed by atoms with Gasteiger partial charge >= 0.3 is 0 Å². The Balaban J connectivity index is 1.59. The summed E-state index contributed by atoms with van der Waals surface area (Å²) in [5, 5.41) is 7.07. The number of nitrogens with one attached hydrogen (secondary N) is 1. The summed E-state index contributed by atoms with van der Waals surface area (Å²) in [5.41, 5.74) is 7.32. The van der Waals surface area contributed by atoms with Gasteiger partial charge in [0, 0.05) is 24.4 Å². The van der Waals surface area contributed by atoms with Gasteiger partial charge in [-0.05, 0) is 43.0 Å². The van der Waals surface area contributed by atoms with Crippen LogP contribution in [0.4, 0.5) is 0 Å². The van der Waals surface area contributed by atoms with E-state index >= 15 is 0 Å². The third kappa shape index (κ3) is 3.73. The van der Waals surface area contributed by atoms with E-state index in [9.17, 15) is 4.79 Å². The van der Waals surface area contributed by atoms with Gasteiger partial charge in [-0.2, -0.15) is 4.98 Å². The lowest BCUT2D eigenvalue weighted by Gasteiger charge is -2.34. The van der Waals surface area contributed by atoms with E-state index in [2.05, 4.69) is 20.4 Å². The van der Waals surface area contributed by atoms with Crippen molar-refractivity contribution in [2.75, 3.05) is 0 Å². The lowest BCUT2D eigenvalue weighted by molar-refractivity contribution is 0.0928. The number of nitrogens with zero attached hydrogens (tertiary/aromatic N) is 3. The van der Waals surface area contributed by atoms with Crippen LogP contribution in [-0.2, 0) is 12.0 Å². The molecule has 7 heteroatoms. The van der Waals surface area contributed by atoms with Crippen molar-refractivity contribution >= 4 is 5.91 Å². The van der Waals surface area contributed by atoms with Crippen molar-refractivity contribution in [1.29, 1.82) is 0 Å². The molecule has 0 bridgehead atoms. The number of nitrogens with two attached hydrogens (primary N) is 1. The molecule has 7 nitrogen and oxygen atoms in total. The average molecular weight is 363 g/mol. The van der Waals surface area contributed by atoms with Crippen LogP contribution < -0.4 is 11.1 Å². The number of pyridine rings is 1. The van der Waals surface area contributed by atoms with Crippen LogP contribution in [0.3, 0.4) is 0 Å². The number of aromatic nitrogens is 3. The molecule has 2 aromatic heterocycles. The van der Waals surface area contributed by atoms with Gasteiger partial charge in [-0.1, -0.05) is 29.4 Å². The zero-order chi connectivity index (χ0) is 18.7. The average Bonchev–Trinajstić information content (AvgIpc) is 3.17. The highest BCUT2D eigenvalue weighted by Gasteiger charge is 2.39. The molecule has 1 amide bonds. The maximum Gasteiger partial charge on any atom is 0.251 e. The Morgan fingerprint density at radius 3 is 2.70 bits per heavy atom. The van der Waals surface area contributed by atoms with Gasteiger partial charge in [-0.25, -0.2) is 0 Å². The first-order valence-electron chi connectivity index (χ1n) is 9.02. The van der Waals surface area contributed by atoms with Crippen molar-refractivity contribution in [3.8, 4) is 0 Å². The molecule has 0 radical (unpaired) electrons. The molecule has 1 unspecified atom stereocenters. The topological polar surface area (TPSA) is 107 Å². The second-order valence-corrected chi connectivity index (χ2v) is 6.92. The smallest absolute Gasteiger partial charge is 0.251 e. The van der Waals surface area contributed by atoms with Crippen LogP contribution in [0.25, 0.3) is 0 Å². The minimum atomic E-state index is -0.510. The second-order valence-electron chi connectivity index (χ2n) is 6.92. The van der Waals surface area contributed by atoms with Gasteiger partial charge < -0.3 is 15.6 Å². The van der Waals surface area contributed by atoms with Crippen LogP contribution in [0.5, 0.6) is 0 Å². The first-order chi connectivity index (χ1) is 13.1. The van der Waals surface area contributed by atoms with Crippen molar-refractivity contribution in [1.82, 2.24) is 20.4 Å². The summed E-state index contributed by atoms with van der Waals surface area (Å²) < 4.78 is 5.48. The Kier molecular flexibility index (Phi) is 4.68. The number of amides is 1. The first kappa shape index (κ1) is 17.4. The molecule has 1 aliphatic rings. The summed E-state index contributed by atoms with van der Waals surface area (Å²) in [5.74, 6) is 0.666. The molecule has 4 rings (SSSR count). The largest absolute Gasteiger partial charge is 0.340 e. The van der Waals surface area contributed by atoms with Gasteiger partial charge in [0.1, 0.15) is 6.04 Å². The highest BCUT2D eigenvalue weighted by atomic mass is 16.5. The standard InChI is InChI=1S/C20H21N5O2/c21-20(9-5-10-20)19-24-18(27-25-19)16(12-14-6-4-11-22-13-14)23-17(26)15-7-2-1-3-8-15/h1-4,6-8,11,13,16H,5,9-10,12,21H2,(H,23,26). The molecular formula is C20H21N5O2. The van der Waals surface area contributed by atoms with Crippen molar-refractivity contribution in [3.05, 3.63) is 77.7 Å². The van der Waals surface area contributed by atoms with Crippen molar-refractivity contribution < 1.29 is 9.32 Å². The highest BCUT2D eigenvalue weighted by molar-refractivity contribution is 5.94. The predicted molar refractivity (Wildman–Crippen MR) is 98.6 cm³/mol. The molecule has 1 aliphatic carbocycles. The molecule has 27 heavy (non-hydrogen) atoms.